The second-order valence-electron chi connectivity index (χ2n) is 3.78. The smallest absolute Gasteiger partial charge is 0.338 e. The number of hydrogen-bond donors (Lipinski definition) is 0. The van der Waals surface area contributed by atoms with E-state index in [0.717, 1.165) is 5.57 Å². The van der Waals surface area contributed by atoms with Crippen LogP contribution in [0.4, 0.5) is 0 Å². The minimum atomic E-state index is -0.432. The molecule has 0 heterocycles. The Morgan fingerprint density at radius 1 is 1.29 bits per heavy atom. The first-order chi connectivity index (χ1) is 7.99. The first-order valence-corrected chi connectivity index (χ1v) is 5.48. The zero-order chi connectivity index (χ0) is 13.0. The van der Waals surface area contributed by atoms with Crippen molar-refractivity contribution >= 4 is 23.6 Å². The molecule has 0 atom stereocenters. The van der Waals surface area contributed by atoms with Crippen LogP contribution in [0.5, 0.6) is 5.75 Å². The van der Waals surface area contributed by atoms with Gasteiger partial charge in [-0.25, -0.2) is 4.79 Å². The fourth-order valence-corrected chi connectivity index (χ4v) is 1.69. The molecule has 0 N–H and O–H groups in total. The van der Waals surface area contributed by atoms with Crippen LogP contribution in [0.25, 0.3) is 6.08 Å². The highest BCUT2D eigenvalue weighted by Gasteiger charge is 2.16. The van der Waals surface area contributed by atoms with Gasteiger partial charge in [0.1, 0.15) is 5.75 Å². The van der Waals surface area contributed by atoms with E-state index in [-0.39, 0.29) is 0 Å². The lowest BCUT2D eigenvalue weighted by Gasteiger charge is -2.11. The Bertz CT molecular complexity index is 460. The largest absolute Gasteiger partial charge is 0.496 e. The predicted molar refractivity (Wildman–Crippen MR) is 68.7 cm³/mol. The molecule has 0 aliphatic heterocycles. The third kappa shape index (κ3) is 3.24. The molecule has 0 spiro atoms. The Morgan fingerprint density at radius 3 is 2.41 bits per heavy atom. The number of hydrogen-bond acceptors (Lipinski definition) is 3. The number of allylic oxidation sites excluding steroid dienone is 1. The summed E-state index contributed by atoms with van der Waals surface area (Å²) in [7, 11) is 2.87. The average molecular weight is 255 g/mol. The Morgan fingerprint density at radius 2 is 1.94 bits per heavy atom. The van der Waals surface area contributed by atoms with Gasteiger partial charge in [-0.2, -0.15) is 0 Å². The molecule has 17 heavy (non-hydrogen) atoms. The number of halogens is 1. The molecule has 0 saturated heterocycles. The summed E-state index contributed by atoms with van der Waals surface area (Å²) < 4.78 is 9.96. The molecule has 0 radical (unpaired) electrons. The molecule has 1 aromatic carbocycles. The first kappa shape index (κ1) is 13.6. The van der Waals surface area contributed by atoms with Crippen LogP contribution in [-0.2, 0) is 4.74 Å². The molecule has 0 amide bonds. The van der Waals surface area contributed by atoms with Crippen molar-refractivity contribution < 1.29 is 14.3 Å². The third-order valence-corrected chi connectivity index (χ3v) is 2.38. The van der Waals surface area contributed by atoms with Gasteiger partial charge in [0.15, 0.2) is 0 Å². The SMILES string of the molecule is COC(=O)c1cc(Cl)cc(OC)c1C=C(C)C. The summed E-state index contributed by atoms with van der Waals surface area (Å²) in [6, 6.07) is 3.24. The standard InChI is InChI=1S/C13H15ClO3/c1-8(2)5-10-11(13(15)17-4)6-9(14)7-12(10)16-3/h5-7H,1-4H3. The highest BCUT2D eigenvalue weighted by atomic mass is 35.5. The van der Waals surface area contributed by atoms with Gasteiger partial charge in [0.05, 0.1) is 19.8 Å². The Balaban J connectivity index is 3.49. The van der Waals surface area contributed by atoms with Gasteiger partial charge >= 0.3 is 5.97 Å². The van der Waals surface area contributed by atoms with Gasteiger partial charge in [-0.3, -0.25) is 0 Å². The van der Waals surface area contributed by atoms with E-state index >= 15 is 0 Å². The van der Waals surface area contributed by atoms with E-state index in [0.29, 0.717) is 21.9 Å². The van der Waals surface area contributed by atoms with Gasteiger partial charge in [0.25, 0.3) is 0 Å². The average Bonchev–Trinajstić information content (AvgIpc) is 2.29. The Kier molecular flexibility index (Phi) is 4.58. The third-order valence-electron chi connectivity index (χ3n) is 2.17. The topological polar surface area (TPSA) is 35.5 Å². The maximum absolute atomic E-state index is 11.7. The van der Waals surface area contributed by atoms with Crippen molar-refractivity contribution in [2.45, 2.75) is 13.8 Å². The van der Waals surface area contributed by atoms with Gasteiger partial charge < -0.3 is 9.47 Å². The minimum absolute atomic E-state index is 0.401. The lowest BCUT2D eigenvalue weighted by atomic mass is 10.0. The molecule has 0 aromatic heterocycles. The molecule has 1 rings (SSSR count). The predicted octanol–water partition coefficient (Wildman–Crippen LogP) is 3.56. The van der Waals surface area contributed by atoms with Crippen molar-refractivity contribution in [3.05, 3.63) is 33.9 Å². The molecule has 0 aliphatic carbocycles. The van der Waals surface area contributed by atoms with E-state index in [1.54, 1.807) is 12.1 Å². The number of carbonyl (C=O) groups excluding carboxylic acids is 1. The molecular weight excluding hydrogens is 240 g/mol. The van der Waals surface area contributed by atoms with Crippen LogP contribution in [0.1, 0.15) is 29.8 Å². The first-order valence-electron chi connectivity index (χ1n) is 5.10. The van der Waals surface area contributed by atoms with Crippen LogP contribution in [0, 0.1) is 0 Å². The van der Waals surface area contributed by atoms with Crippen molar-refractivity contribution in [3.8, 4) is 5.75 Å². The second-order valence-corrected chi connectivity index (χ2v) is 4.22. The Hall–Kier alpha value is -1.48. The zero-order valence-corrected chi connectivity index (χ0v) is 11.1. The highest BCUT2D eigenvalue weighted by Crippen LogP contribution is 2.30. The zero-order valence-electron chi connectivity index (χ0n) is 10.3. The molecule has 0 aliphatic rings. The van der Waals surface area contributed by atoms with Gasteiger partial charge in [-0.15, -0.1) is 0 Å². The van der Waals surface area contributed by atoms with Crippen LogP contribution in [0.15, 0.2) is 17.7 Å². The molecular formula is C13H15ClO3. The van der Waals surface area contributed by atoms with E-state index in [1.807, 2.05) is 19.9 Å². The van der Waals surface area contributed by atoms with Crippen LogP contribution in [0.2, 0.25) is 5.02 Å². The van der Waals surface area contributed by atoms with Gasteiger partial charge in [0, 0.05) is 10.6 Å². The molecule has 0 saturated carbocycles. The number of carbonyl (C=O) groups is 1. The van der Waals surface area contributed by atoms with Crippen LogP contribution >= 0.6 is 11.6 Å². The molecule has 0 bridgehead atoms. The number of ether oxygens (including phenoxy) is 2. The molecule has 3 nitrogen and oxygen atoms in total. The van der Waals surface area contributed by atoms with Crippen molar-refractivity contribution in [1.29, 1.82) is 0 Å². The van der Waals surface area contributed by atoms with E-state index < -0.39 is 5.97 Å². The summed E-state index contributed by atoms with van der Waals surface area (Å²) >= 11 is 5.93. The summed E-state index contributed by atoms with van der Waals surface area (Å²) in [4.78, 5) is 11.7. The summed E-state index contributed by atoms with van der Waals surface area (Å²) in [5, 5.41) is 0.438. The fraction of sp³-hybridized carbons (Fsp3) is 0.308. The fourth-order valence-electron chi connectivity index (χ4n) is 1.48. The summed E-state index contributed by atoms with van der Waals surface area (Å²) in [6.07, 6.45) is 1.86. The van der Waals surface area contributed by atoms with Crippen LogP contribution < -0.4 is 4.74 Å². The normalized spacial score (nSPS) is 9.71. The minimum Gasteiger partial charge on any atom is -0.496 e. The van der Waals surface area contributed by atoms with Crippen LogP contribution in [0.3, 0.4) is 0 Å². The number of rotatable bonds is 3. The monoisotopic (exact) mass is 254 g/mol. The second kappa shape index (κ2) is 5.73. The molecule has 1 aromatic rings. The summed E-state index contributed by atoms with van der Waals surface area (Å²) in [5.41, 5.74) is 2.14. The maximum atomic E-state index is 11.7. The number of methoxy groups -OCH3 is 2. The van der Waals surface area contributed by atoms with Gasteiger partial charge in [-0.1, -0.05) is 23.3 Å². The van der Waals surface area contributed by atoms with E-state index in [2.05, 4.69) is 0 Å². The van der Waals surface area contributed by atoms with Crippen molar-refractivity contribution in [3.63, 3.8) is 0 Å². The lowest BCUT2D eigenvalue weighted by molar-refractivity contribution is 0.0600. The van der Waals surface area contributed by atoms with Crippen molar-refractivity contribution in [2.24, 2.45) is 0 Å². The van der Waals surface area contributed by atoms with Crippen LogP contribution in [-0.4, -0.2) is 20.2 Å². The summed E-state index contributed by atoms with van der Waals surface area (Å²) in [6.45, 7) is 3.88. The van der Waals surface area contributed by atoms with Crippen molar-refractivity contribution in [1.82, 2.24) is 0 Å². The maximum Gasteiger partial charge on any atom is 0.338 e. The van der Waals surface area contributed by atoms with E-state index in [9.17, 15) is 4.79 Å². The molecule has 92 valence electrons. The van der Waals surface area contributed by atoms with Gasteiger partial charge in [-0.05, 0) is 26.0 Å². The Labute approximate surface area is 106 Å². The van der Waals surface area contributed by atoms with Gasteiger partial charge in [0.2, 0.25) is 0 Å². The van der Waals surface area contributed by atoms with E-state index in [1.165, 1.54) is 14.2 Å². The quantitative estimate of drug-likeness (QED) is 0.774. The molecule has 0 fully saturated rings. The van der Waals surface area contributed by atoms with Crippen molar-refractivity contribution in [2.75, 3.05) is 14.2 Å². The lowest BCUT2D eigenvalue weighted by Crippen LogP contribution is -2.05. The highest BCUT2D eigenvalue weighted by molar-refractivity contribution is 6.31. The molecule has 4 heteroatoms. The number of esters is 1. The molecule has 0 unspecified atom stereocenters. The number of benzene rings is 1. The van der Waals surface area contributed by atoms with E-state index in [4.69, 9.17) is 21.1 Å². The summed E-state index contributed by atoms with van der Waals surface area (Å²) in [5.74, 6) is 0.123.